The molecule has 1 amide bonds. The van der Waals surface area contributed by atoms with Crippen LogP contribution in [0.2, 0.25) is 0 Å². The third-order valence-electron chi connectivity index (χ3n) is 5.89. The van der Waals surface area contributed by atoms with Crippen molar-refractivity contribution in [2.24, 2.45) is 29.6 Å². The Hall–Kier alpha value is -1.32. The summed E-state index contributed by atoms with van der Waals surface area (Å²) in [7, 11) is 0. The number of hydrogen-bond acceptors (Lipinski definition) is 2. The molecule has 4 heteroatoms. The van der Waals surface area contributed by atoms with Gasteiger partial charge in [-0.15, -0.1) is 0 Å². The number of fused-ring (bicyclic) bond motifs is 2. The van der Waals surface area contributed by atoms with Crippen LogP contribution in [-0.2, 0) is 9.59 Å². The van der Waals surface area contributed by atoms with Crippen molar-refractivity contribution in [1.29, 1.82) is 0 Å². The largest absolute Gasteiger partial charge is 0.481 e. The fraction of sp³-hybridized carbons (Fsp3) is 0.765. The molecule has 0 spiro atoms. The van der Waals surface area contributed by atoms with Crippen LogP contribution in [0.4, 0.5) is 0 Å². The van der Waals surface area contributed by atoms with E-state index >= 15 is 0 Å². The van der Waals surface area contributed by atoms with Gasteiger partial charge in [-0.1, -0.05) is 18.6 Å². The van der Waals surface area contributed by atoms with E-state index in [9.17, 15) is 14.7 Å². The van der Waals surface area contributed by atoms with Crippen LogP contribution in [0.1, 0.15) is 45.4 Å². The maximum absolute atomic E-state index is 12.5. The summed E-state index contributed by atoms with van der Waals surface area (Å²) in [5, 5.41) is 12.4. The smallest absolute Gasteiger partial charge is 0.307 e. The van der Waals surface area contributed by atoms with E-state index in [-0.39, 0.29) is 11.9 Å². The highest BCUT2D eigenvalue weighted by molar-refractivity contribution is 5.85. The van der Waals surface area contributed by atoms with Gasteiger partial charge in [-0.3, -0.25) is 9.59 Å². The summed E-state index contributed by atoms with van der Waals surface area (Å²) >= 11 is 0. The Morgan fingerprint density at radius 2 is 1.86 bits per heavy atom. The first kappa shape index (κ1) is 14.6. The number of carbonyl (C=O) groups excluding carboxylic acids is 1. The molecule has 0 unspecified atom stereocenters. The molecule has 4 nitrogen and oxygen atoms in total. The van der Waals surface area contributed by atoms with Crippen LogP contribution in [0.15, 0.2) is 12.2 Å². The monoisotopic (exact) mass is 291 g/mol. The molecule has 3 aliphatic carbocycles. The first-order chi connectivity index (χ1) is 10.1. The number of carbonyl (C=O) groups is 2. The molecule has 0 saturated heterocycles. The Bertz CT molecular complexity index is 459. The first-order valence-corrected chi connectivity index (χ1v) is 8.24. The van der Waals surface area contributed by atoms with E-state index in [0.717, 1.165) is 11.8 Å². The molecule has 0 aliphatic heterocycles. The van der Waals surface area contributed by atoms with Gasteiger partial charge in [0, 0.05) is 6.04 Å². The van der Waals surface area contributed by atoms with Crippen molar-refractivity contribution in [2.75, 3.05) is 0 Å². The van der Waals surface area contributed by atoms with Crippen molar-refractivity contribution >= 4 is 11.9 Å². The number of nitrogens with one attached hydrogen (secondary N) is 1. The molecule has 0 radical (unpaired) electrons. The first-order valence-electron chi connectivity index (χ1n) is 8.24. The standard InChI is InChI=1S/C17H25NO3/c1-10(15-9-11-6-7-12(15)8-11)18-16(19)13-4-2-3-5-14(13)17(20)21/h2-3,10-15H,4-9H2,1H3,(H,18,19)(H,20,21)/t10-,11+,12+,13-,14-,15-/m0/s1. The SMILES string of the molecule is C[C@H](NC(=O)[C@H]1CC=CC[C@@H]1C(=O)O)[C@@H]1C[C@@H]2CC[C@@H]1C2. The lowest BCUT2D eigenvalue weighted by Crippen LogP contribution is -2.46. The Labute approximate surface area is 126 Å². The van der Waals surface area contributed by atoms with Crippen molar-refractivity contribution in [3.63, 3.8) is 0 Å². The highest BCUT2D eigenvalue weighted by atomic mass is 16.4. The van der Waals surface area contributed by atoms with Gasteiger partial charge in [0.2, 0.25) is 5.91 Å². The number of aliphatic carboxylic acids is 1. The second-order valence-electron chi connectivity index (χ2n) is 7.13. The Kier molecular flexibility index (Phi) is 4.05. The minimum absolute atomic E-state index is 0.0676. The molecule has 2 N–H and O–H groups in total. The number of allylic oxidation sites excluding steroid dienone is 2. The summed E-state index contributed by atoms with van der Waals surface area (Å²) in [6.07, 6.45) is 10.1. The lowest BCUT2D eigenvalue weighted by atomic mass is 9.81. The minimum atomic E-state index is -0.855. The Morgan fingerprint density at radius 3 is 2.43 bits per heavy atom. The quantitative estimate of drug-likeness (QED) is 0.782. The molecule has 0 heterocycles. The predicted octanol–water partition coefficient (Wildman–Crippen LogP) is 2.59. The van der Waals surface area contributed by atoms with Gasteiger partial charge >= 0.3 is 5.97 Å². The summed E-state index contributed by atoms with van der Waals surface area (Å²) in [6.45, 7) is 2.09. The predicted molar refractivity (Wildman–Crippen MR) is 79.5 cm³/mol. The summed E-state index contributed by atoms with van der Waals surface area (Å²) in [6, 6.07) is 0.174. The van der Waals surface area contributed by atoms with E-state index in [1.807, 2.05) is 12.2 Å². The van der Waals surface area contributed by atoms with Gasteiger partial charge in [-0.05, 0) is 56.8 Å². The molecule has 2 bridgehead atoms. The maximum Gasteiger partial charge on any atom is 0.307 e. The highest BCUT2D eigenvalue weighted by Gasteiger charge is 2.43. The molecular formula is C17H25NO3. The van der Waals surface area contributed by atoms with Crippen LogP contribution in [0.5, 0.6) is 0 Å². The van der Waals surface area contributed by atoms with E-state index in [1.165, 1.54) is 25.7 Å². The number of carboxylic acid groups (broad SMARTS) is 1. The Morgan fingerprint density at radius 1 is 1.14 bits per heavy atom. The summed E-state index contributed by atoms with van der Waals surface area (Å²) in [5.41, 5.74) is 0. The van der Waals surface area contributed by atoms with Gasteiger partial charge in [-0.2, -0.15) is 0 Å². The van der Waals surface area contributed by atoms with Crippen LogP contribution in [-0.4, -0.2) is 23.0 Å². The van der Waals surface area contributed by atoms with Crippen molar-refractivity contribution in [2.45, 2.75) is 51.5 Å². The molecular weight excluding hydrogens is 266 g/mol. The summed E-state index contributed by atoms with van der Waals surface area (Å²) in [5.74, 6) is 0.329. The van der Waals surface area contributed by atoms with E-state index < -0.39 is 17.8 Å². The lowest BCUT2D eigenvalue weighted by molar-refractivity contribution is -0.147. The van der Waals surface area contributed by atoms with Gasteiger partial charge in [0.15, 0.2) is 0 Å². The fourth-order valence-electron chi connectivity index (χ4n) is 4.72. The van der Waals surface area contributed by atoms with Crippen LogP contribution in [0.3, 0.4) is 0 Å². The number of amides is 1. The van der Waals surface area contributed by atoms with E-state index in [4.69, 9.17) is 0 Å². The van der Waals surface area contributed by atoms with Gasteiger partial charge in [0.05, 0.1) is 11.8 Å². The fourth-order valence-corrected chi connectivity index (χ4v) is 4.72. The van der Waals surface area contributed by atoms with Crippen LogP contribution < -0.4 is 5.32 Å². The molecule has 0 aromatic rings. The van der Waals surface area contributed by atoms with Gasteiger partial charge in [0.1, 0.15) is 0 Å². The van der Waals surface area contributed by atoms with Crippen molar-refractivity contribution in [3.05, 3.63) is 12.2 Å². The molecule has 2 saturated carbocycles. The zero-order valence-electron chi connectivity index (χ0n) is 12.6. The van der Waals surface area contributed by atoms with Crippen LogP contribution >= 0.6 is 0 Å². The molecule has 3 rings (SSSR count). The molecule has 3 aliphatic rings. The number of rotatable bonds is 4. The second-order valence-corrected chi connectivity index (χ2v) is 7.13. The number of hydrogen-bond donors (Lipinski definition) is 2. The van der Waals surface area contributed by atoms with Crippen molar-refractivity contribution in [3.8, 4) is 0 Å². The van der Waals surface area contributed by atoms with E-state index in [2.05, 4.69) is 12.2 Å². The van der Waals surface area contributed by atoms with Crippen molar-refractivity contribution < 1.29 is 14.7 Å². The zero-order chi connectivity index (χ0) is 15.0. The molecule has 0 aromatic carbocycles. The van der Waals surface area contributed by atoms with Gasteiger partial charge < -0.3 is 10.4 Å². The minimum Gasteiger partial charge on any atom is -0.481 e. The average Bonchev–Trinajstić information content (AvgIpc) is 3.09. The van der Waals surface area contributed by atoms with Gasteiger partial charge in [0.25, 0.3) is 0 Å². The lowest BCUT2D eigenvalue weighted by Gasteiger charge is -2.31. The second kappa shape index (κ2) is 5.82. The van der Waals surface area contributed by atoms with Crippen molar-refractivity contribution in [1.82, 2.24) is 5.32 Å². The normalized spacial score (nSPS) is 39.2. The third kappa shape index (κ3) is 2.85. The highest BCUT2D eigenvalue weighted by Crippen LogP contribution is 2.49. The number of carboxylic acids is 1. The molecule has 6 atom stereocenters. The van der Waals surface area contributed by atoms with E-state index in [1.54, 1.807) is 0 Å². The topological polar surface area (TPSA) is 66.4 Å². The van der Waals surface area contributed by atoms with Crippen LogP contribution in [0.25, 0.3) is 0 Å². The average molecular weight is 291 g/mol. The van der Waals surface area contributed by atoms with Gasteiger partial charge in [-0.25, -0.2) is 0 Å². The summed E-state index contributed by atoms with van der Waals surface area (Å²) < 4.78 is 0. The van der Waals surface area contributed by atoms with Crippen LogP contribution in [0, 0.1) is 29.6 Å². The molecule has 2 fully saturated rings. The molecule has 116 valence electrons. The zero-order valence-corrected chi connectivity index (χ0v) is 12.6. The van der Waals surface area contributed by atoms with E-state index in [0.29, 0.717) is 18.8 Å². The maximum atomic E-state index is 12.5. The molecule has 0 aromatic heterocycles. The summed E-state index contributed by atoms with van der Waals surface area (Å²) in [4.78, 5) is 23.8. The third-order valence-corrected chi connectivity index (χ3v) is 5.89. The Balaban J connectivity index is 1.60. The molecule has 21 heavy (non-hydrogen) atoms.